The fourth-order valence-corrected chi connectivity index (χ4v) is 6.34. The summed E-state index contributed by atoms with van der Waals surface area (Å²) in [5.41, 5.74) is 8.47. The van der Waals surface area contributed by atoms with Crippen molar-refractivity contribution in [2.24, 2.45) is 17.6 Å². The number of allylic oxidation sites excluding steroid dienone is 5. The fourth-order valence-electron chi connectivity index (χ4n) is 6.34. The van der Waals surface area contributed by atoms with Crippen LogP contribution in [-0.4, -0.2) is 38.2 Å². The average molecular weight is 552 g/mol. The summed E-state index contributed by atoms with van der Waals surface area (Å²) in [6.45, 7) is 3.58. The van der Waals surface area contributed by atoms with E-state index in [-0.39, 0.29) is 35.7 Å². The normalized spacial score (nSPS) is 25.6. The van der Waals surface area contributed by atoms with E-state index in [1.807, 2.05) is 18.2 Å². The highest BCUT2D eigenvalue weighted by Crippen LogP contribution is 2.54. The number of carbonyl (C=O) groups is 1. The highest BCUT2D eigenvalue weighted by atomic mass is 19.3. The van der Waals surface area contributed by atoms with Crippen molar-refractivity contribution in [3.05, 3.63) is 88.2 Å². The van der Waals surface area contributed by atoms with Gasteiger partial charge in [-0.3, -0.25) is 4.79 Å². The molecule has 3 aliphatic rings. The second kappa shape index (κ2) is 10.2. The third-order valence-corrected chi connectivity index (χ3v) is 8.05. The molecule has 1 saturated carbocycles. The number of alkyl halides is 2. The van der Waals surface area contributed by atoms with Crippen LogP contribution in [0.4, 0.5) is 8.78 Å². The molecule has 4 atom stereocenters. The minimum atomic E-state index is -3.00. The molecule has 0 spiro atoms. The van der Waals surface area contributed by atoms with E-state index in [0.29, 0.717) is 35.5 Å². The van der Waals surface area contributed by atoms with Crippen LogP contribution in [0.2, 0.25) is 0 Å². The lowest BCUT2D eigenvalue weighted by atomic mass is 9.76. The van der Waals surface area contributed by atoms with Gasteiger partial charge < -0.3 is 20.7 Å². The van der Waals surface area contributed by atoms with Crippen molar-refractivity contribution in [2.75, 3.05) is 0 Å². The number of benzene rings is 1. The molecule has 1 heterocycles. The van der Waals surface area contributed by atoms with Gasteiger partial charge in [0.1, 0.15) is 11.4 Å². The van der Waals surface area contributed by atoms with Gasteiger partial charge >= 0.3 is 6.61 Å². The molecular formula is C31H35F2N3O4. The minimum absolute atomic E-state index is 0.0313. The maximum absolute atomic E-state index is 13.9. The third kappa shape index (κ3) is 5.45. The zero-order valence-corrected chi connectivity index (χ0v) is 23.1. The molecular weight excluding hydrogens is 516 g/mol. The van der Waals surface area contributed by atoms with Crippen LogP contribution in [0.1, 0.15) is 86.1 Å². The van der Waals surface area contributed by atoms with Gasteiger partial charge in [0.25, 0.3) is 0 Å². The lowest BCUT2D eigenvalue weighted by Crippen LogP contribution is -2.32. The first-order valence-corrected chi connectivity index (χ1v) is 13.5. The van der Waals surface area contributed by atoms with Gasteiger partial charge in [-0.05, 0) is 70.4 Å². The van der Waals surface area contributed by atoms with Crippen LogP contribution in [-0.2, 0) is 5.60 Å². The summed E-state index contributed by atoms with van der Waals surface area (Å²) in [5, 5.41) is 20.9. The molecule has 40 heavy (non-hydrogen) atoms. The molecule has 2 bridgehead atoms. The average Bonchev–Trinajstić information content (AvgIpc) is 3.41. The van der Waals surface area contributed by atoms with Crippen molar-refractivity contribution < 1.29 is 28.5 Å². The van der Waals surface area contributed by atoms with E-state index in [9.17, 15) is 23.8 Å². The zero-order valence-electron chi connectivity index (χ0n) is 23.1. The molecule has 5 rings (SSSR count). The predicted molar refractivity (Wildman–Crippen MR) is 146 cm³/mol. The van der Waals surface area contributed by atoms with Gasteiger partial charge in [0, 0.05) is 46.6 Å². The summed E-state index contributed by atoms with van der Waals surface area (Å²) in [6.07, 6.45) is 10.6. The Morgan fingerprint density at radius 3 is 2.50 bits per heavy atom. The number of carbonyl (C=O) groups excluding carboxylic acids is 1. The molecule has 0 radical (unpaired) electrons. The highest BCUT2D eigenvalue weighted by Gasteiger charge is 2.46. The summed E-state index contributed by atoms with van der Waals surface area (Å²) in [5.74, 6) is -0.947. The van der Waals surface area contributed by atoms with E-state index in [2.05, 4.69) is 9.97 Å². The summed E-state index contributed by atoms with van der Waals surface area (Å²) in [4.78, 5) is 22.5. The van der Waals surface area contributed by atoms with Crippen LogP contribution in [0.15, 0.2) is 65.7 Å². The Bertz CT molecular complexity index is 1400. The van der Waals surface area contributed by atoms with Gasteiger partial charge in [-0.1, -0.05) is 35.9 Å². The summed E-state index contributed by atoms with van der Waals surface area (Å²) in [6, 6.07) is 4.73. The molecule has 1 aromatic heterocycles. The lowest BCUT2D eigenvalue weighted by molar-refractivity contribution is -0.0506. The van der Waals surface area contributed by atoms with Gasteiger partial charge in [0.2, 0.25) is 0 Å². The monoisotopic (exact) mass is 551 g/mol. The molecule has 4 unspecified atom stereocenters. The quantitative estimate of drug-likeness (QED) is 0.429. The zero-order chi connectivity index (χ0) is 29.0. The number of hydrogen-bond donors (Lipinski definition) is 3. The Balaban J connectivity index is 1.52. The van der Waals surface area contributed by atoms with Gasteiger partial charge in [-0.2, -0.15) is 8.78 Å². The number of ketones is 1. The van der Waals surface area contributed by atoms with E-state index in [1.165, 1.54) is 6.07 Å². The van der Waals surface area contributed by atoms with Gasteiger partial charge in [-0.15, -0.1) is 0 Å². The van der Waals surface area contributed by atoms with Crippen LogP contribution in [0.3, 0.4) is 0 Å². The Morgan fingerprint density at radius 1 is 1.18 bits per heavy atom. The molecule has 212 valence electrons. The minimum Gasteiger partial charge on any atom is -0.435 e. The number of halogens is 2. The molecule has 0 saturated heterocycles. The van der Waals surface area contributed by atoms with E-state index in [1.54, 1.807) is 52.2 Å². The van der Waals surface area contributed by atoms with Gasteiger partial charge in [0.15, 0.2) is 11.6 Å². The van der Waals surface area contributed by atoms with Crippen LogP contribution in [0, 0.1) is 11.8 Å². The first kappa shape index (κ1) is 28.1. The first-order chi connectivity index (χ1) is 18.7. The molecule has 1 fully saturated rings. The van der Waals surface area contributed by atoms with Crippen molar-refractivity contribution >= 4 is 5.78 Å². The maximum Gasteiger partial charge on any atom is 0.387 e. The van der Waals surface area contributed by atoms with Gasteiger partial charge in [0.05, 0.1) is 5.60 Å². The number of rotatable bonds is 7. The number of fused-ring (bicyclic) bond motifs is 4. The summed E-state index contributed by atoms with van der Waals surface area (Å²) < 4.78 is 31.4. The number of aromatic nitrogens is 2. The number of aliphatic hydroxyl groups is 2. The molecule has 2 aromatic rings. The second-order valence-corrected chi connectivity index (χ2v) is 12.2. The van der Waals surface area contributed by atoms with E-state index in [0.717, 1.165) is 16.7 Å². The van der Waals surface area contributed by atoms with Crippen LogP contribution in [0.5, 0.6) is 5.75 Å². The highest BCUT2D eigenvalue weighted by molar-refractivity contribution is 6.01. The summed E-state index contributed by atoms with van der Waals surface area (Å²) >= 11 is 0. The SMILES string of the molecule is CC(C)(O)CC1C(=O)c2cccc(OC(F)F)c2C2C/C(=C\C3=C(N)C(c4cnc(C(C)(C)O)nc4)C=C3)C1C2. The predicted octanol–water partition coefficient (Wildman–Crippen LogP) is 5.27. The molecule has 0 amide bonds. The Morgan fingerprint density at radius 2 is 1.88 bits per heavy atom. The maximum atomic E-state index is 13.9. The third-order valence-electron chi connectivity index (χ3n) is 8.05. The van der Waals surface area contributed by atoms with Crippen molar-refractivity contribution in [3.8, 4) is 5.75 Å². The van der Waals surface area contributed by atoms with Crippen molar-refractivity contribution in [3.63, 3.8) is 0 Å². The lowest BCUT2D eigenvalue weighted by Gasteiger charge is -2.29. The topological polar surface area (TPSA) is 119 Å². The molecule has 7 nitrogen and oxygen atoms in total. The second-order valence-electron chi connectivity index (χ2n) is 12.2. The van der Waals surface area contributed by atoms with E-state index < -0.39 is 23.7 Å². The Labute approximate surface area is 232 Å². The smallest absolute Gasteiger partial charge is 0.387 e. The standard InChI is InChI=1S/C31H35F2N3O4/c1-30(2,38)13-23-22-12-18(25-21(27(23)37)6-5-7-24(25)40-29(32)33)11-17(22)10-16-8-9-20(26(16)34)19-14-35-28(36-15-19)31(3,4)39/h5-10,14-15,18,20,22-23,29,38-39H,11-13,34H2,1-4H3/b17-10+. The molecule has 1 aromatic carbocycles. The molecule has 0 aliphatic heterocycles. The van der Waals surface area contributed by atoms with Crippen LogP contribution >= 0.6 is 0 Å². The number of nitrogens with two attached hydrogens (primary N) is 1. The molecule has 9 heteroatoms. The van der Waals surface area contributed by atoms with E-state index in [4.69, 9.17) is 10.5 Å². The fraction of sp³-hybridized carbons (Fsp3) is 0.452. The number of nitrogens with zero attached hydrogens (tertiary/aromatic N) is 2. The Hall–Kier alpha value is -3.43. The van der Waals surface area contributed by atoms with Crippen molar-refractivity contribution in [1.29, 1.82) is 0 Å². The summed E-state index contributed by atoms with van der Waals surface area (Å²) in [7, 11) is 0. The molecule has 4 N–H and O–H groups in total. The van der Waals surface area contributed by atoms with Crippen LogP contribution < -0.4 is 10.5 Å². The van der Waals surface area contributed by atoms with Crippen molar-refractivity contribution in [2.45, 2.75) is 76.6 Å². The van der Waals surface area contributed by atoms with Crippen LogP contribution in [0.25, 0.3) is 0 Å². The first-order valence-electron chi connectivity index (χ1n) is 13.5. The Kier molecular flexibility index (Phi) is 7.17. The number of ether oxygens (including phenoxy) is 1. The number of hydrogen-bond acceptors (Lipinski definition) is 7. The van der Waals surface area contributed by atoms with Crippen molar-refractivity contribution in [1.82, 2.24) is 9.97 Å². The largest absolute Gasteiger partial charge is 0.435 e. The molecule has 3 aliphatic carbocycles. The van der Waals surface area contributed by atoms with E-state index >= 15 is 0 Å². The number of Topliss-reactive ketones (excluding diaryl/α,β-unsaturated/α-hetero) is 1. The van der Waals surface area contributed by atoms with Gasteiger partial charge in [-0.25, -0.2) is 9.97 Å².